The molecule has 3 heteroatoms. The first-order valence-corrected chi connectivity index (χ1v) is 6.41. The zero-order valence-electron chi connectivity index (χ0n) is 10.4. The van der Waals surface area contributed by atoms with Gasteiger partial charge in [-0.15, -0.1) is 0 Å². The lowest BCUT2D eigenvalue weighted by Gasteiger charge is -2.31. The van der Waals surface area contributed by atoms with Crippen molar-refractivity contribution in [2.24, 2.45) is 5.92 Å². The molecule has 0 spiro atoms. The summed E-state index contributed by atoms with van der Waals surface area (Å²) in [5.74, 6) is 0.629. The fraction of sp³-hybridized carbons (Fsp3) is 0.769. The van der Waals surface area contributed by atoms with Crippen molar-refractivity contribution in [2.45, 2.75) is 33.1 Å². The first kappa shape index (κ1) is 11.5. The van der Waals surface area contributed by atoms with Crippen molar-refractivity contribution in [1.82, 2.24) is 9.80 Å². The Morgan fingerprint density at radius 1 is 1.19 bits per heavy atom. The monoisotopic (exact) mass is 222 g/mol. The van der Waals surface area contributed by atoms with Crippen molar-refractivity contribution in [3.8, 4) is 0 Å². The van der Waals surface area contributed by atoms with E-state index in [4.69, 9.17) is 0 Å². The van der Waals surface area contributed by atoms with E-state index in [1.54, 1.807) is 0 Å². The third-order valence-electron chi connectivity index (χ3n) is 3.63. The Balaban J connectivity index is 1.90. The number of carbonyl (C=O) groups is 1. The molecule has 0 aromatic rings. The molecule has 1 saturated heterocycles. The smallest absolute Gasteiger partial charge is 0.320 e. The van der Waals surface area contributed by atoms with E-state index in [1.807, 2.05) is 9.80 Å². The Labute approximate surface area is 98.1 Å². The summed E-state index contributed by atoms with van der Waals surface area (Å²) in [5, 5.41) is 0. The second kappa shape index (κ2) is 4.89. The molecule has 0 aliphatic carbocycles. The summed E-state index contributed by atoms with van der Waals surface area (Å²) in [6, 6.07) is 0.247. The van der Waals surface area contributed by atoms with Crippen LogP contribution in [0.3, 0.4) is 0 Å². The summed E-state index contributed by atoms with van der Waals surface area (Å²) >= 11 is 0. The maximum Gasteiger partial charge on any atom is 0.320 e. The molecular formula is C13H22N2O. The summed E-state index contributed by atoms with van der Waals surface area (Å²) in [6.45, 7) is 8.07. The Bertz CT molecular complexity index is 290. The molecule has 2 heterocycles. The third-order valence-corrected chi connectivity index (χ3v) is 3.63. The molecule has 2 aliphatic rings. The number of rotatable bonds is 1. The fourth-order valence-corrected chi connectivity index (χ4v) is 2.49. The molecule has 0 radical (unpaired) electrons. The molecule has 0 aromatic carbocycles. The third kappa shape index (κ3) is 2.39. The van der Waals surface area contributed by atoms with Crippen LogP contribution in [0.1, 0.15) is 33.1 Å². The van der Waals surface area contributed by atoms with E-state index in [1.165, 1.54) is 18.4 Å². The van der Waals surface area contributed by atoms with Gasteiger partial charge in [0.05, 0.1) is 0 Å². The molecule has 1 fully saturated rings. The molecule has 0 saturated carbocycles. The van der Waals surface area contributed by atoms with Gasteiger partial charge in [-0.1, -0.05) is 25.5 Å². The average molecular weight is 222 g/mol. The molecule has 2 rings (SSSR count). The number of hydrogen-bond donors (Lipinski definition) is 0. The number of urea groups is 1. The highest BCUT2D eigenvalue weighted by Gasteiger charge is 2.24. The molecule has 0 unspecified atom stereocenters. The number of likely N-dealkylation sites (tertiary alicyclic amines) is 1. The normalized spacial score (nSPS) is 21.6. The van der Waals surface area contributed by atoms with Crippen molar-refractivity contribution < 1.29 is 4.79 Å². The SMILES string of the molecule is CC(C)C1=CCN(C(=O)N2CCCC2)CC1. The summed E-state index contributed by atoms with van der Waals surface area (Å²) in [6.07, 6.45) is 5.64. The van der Waals surface area contributed by atoms with Gasteiger partial charge < -0.3 is 9.80 Å². The molecule has 16 heavy (non-hydrogen) atoms. The zero-order valence-corrected chi connectivity index (χ0v) is 10.4. The second-order valence-corrected chi connectivity index (χ2v) is 5.11. The van der Waals surface area contributed by atoms with Crippen molar-refractivity contribution in [3.63, 3.8) is 0 Å². The van der Waals surface area contributed by atoms with Gasteiger partial charge in [0.25, 0.3) is 0 Å². The first-order valence-electron chi connectivity index (χ1n) is 6.41. The fourth-order valence-electron chi connectivity index (χ4n) is 2.49. The molecule has 0 aromatic heterocycles. The van der Waals surface area contributed by atoms with Crippen LogP contribution in [0.15, 0.2) is 11.6 Å². The minimum Gasteiger partial charge on any atom is -0.325 e. The molecule has 3 nitrogen and oxygen atoms in total. The van der Waals surface area contributed by atoms with Gasteiger partial charge in [-0.3, -0.25) is 0 Å². The van der Waals surface area contributed by atoms with E-state index in [2.05, 4.69) is 19.9 Å². The van der Waals surface area contributed by atoms with Crippen LogP contribution in [-0.2, 0) is 0 Å². The average Bonchev–Trinajstić information content (AvgIpc) is 2.81. The topological polar surface area (TPSA) is 23.6 Å². The molecule has 0 bridgehead atoms. The minimum absolute atomic E-state index is 0.247. The lowest BCUT2D eigenvalue weighted by molar-refractivity contribution is 0.165. The second-order valence-electron chi connectivity index (χ2n) is 5.11. The number of amides is 2. The molecule has 0 N–H and O–H groups in total. The Kier molecular flexibility index (Phi) is 3.52. The van der Waals surface area contributed by atoms with E-state index in [-0.39, 0.29) is 6.03 Å². The van der Waals surface area contributed by atoms with Gasteiger partial charge in [0, 0.05) is 26.2 Å². The first-order chi connectivity index (χ1) is 7.68. The lowest BCUT2D eigenvalue weighted by Crippen LogP contribution is -2.43. The highest BCUT2D eigenvalue weighted by atomic mass is 16.2. The Morgan fingerprint density at radius 3 is 2.38 bits per heavy atom. The molecule has 90 valence electrons. The summed E-state index contributed by atoms with van der Waals surface area (Å²) in [5.41, 5.74) is 1.51. The zero-order chi connectivity index (χ0) is 11.5. The van der Waals surface area contributed by atoms with Crippen molar-refractivity contribution in [2.75, 3.05) is 26.2 Å². The molecule has 0 atom stereocenters. The van der Waals surface area contributed by atoms with Gasteiger partial charge in [-0.05, 0) is 25.2 Å². The van der Waals surface area contributed by atoms with E-state index in [0.29, 0.717) is 5.92 Å². The number of hydrogen-bond acceptors (Lipinski definition) is 1. The van der Waals surface area contributed by atoms with Gasteiger partial charge in [0.1, 0.15) is 0 Å². The summed E-state index contributed by atoms with van der Waals surface area (Å²) in [7, 11) is 0. The van der Waals surface area contributed by atoms with Gasteiger partial charge in [0.15, 0.2) is 0 Å². The van der Waals surface area contributed by atoms with E-state index >= 15 is 0 Å². The number of carbonyl (C=O) groups excluding carboxylic acids is 1. The predicted octanol–water partition coefficient (Wildman–Crippen LogP) is 2.49. The maximum absolute atomic E-state index is 12.1. The number of nitrogens with zero attached hydrogens (tertiary/aromatic N) is 2. The lowest BCUT2D eigenvalue weighted by atomic mass is 9.97. The molecule has 2 amide bonds. The van der Waals surface area contributed by atoms with Gasteiger partial charge in [-0.2, -0.15) is 0 Å². The Morgan fingerprint density at radius 2 is 1.88 bits per heavy atom. The van der Waals surface area contributed by atoms with Crippen LogP contribution in [0.5, 0.6) is 0 Å². The summed E-state index contributed by atoms with van der Waals surface area (Å²) < 4.78 is 0. The van der Waals surface area contributed by atoms with Crippen LogP contribution in [0.4, 0.5) is 4.79 Å². The minimum atomic E-state index is 0.247. The van der Waals surface area contributed by atoms with Gasteiger partial charge in [-0.25, -0.2) is 4.79 Å². The highest BCUT2D eigenvalue weighted by molar-refractivity contribution is 5.75. The molecular weight excluding hydrogens is 200 g/mol. The van der Waals surface area contributed by atoms with Crippen LogP contribution < -0.4 is 0 Å². The van der Waals surface area contributed by atoms with E-state index < -0.39 is 0 Å². The van der Waals surface area contributed by atoms with Crippen molar-refractivity contribution >= 4 is 6.03 Å². The van der Waals surface area contributed by atoms with E-state index in [0.717, 1.165) is 32.6 Å². The quantitative estimate of drug-likeness (QED) is 0.625. The predicted molar refractivity (Wildman–Crippen MR) is 65.3 cm³/mol. The van der Waals surface area contributed by atoms with Crippen LogP contribution in [-0.4, -0.2) is 42.0 Å². The van der Waals surface area contributed by atoms with Gasteiger partial charge >= 0.3 is 6.03 Å². The van der Waals surface area contributed by atoms with Crippen LogP contribution >= 0.6 is 0 Å². The maximum atomic E-state index is 12.1. The van der Waals surface area contributed by atoms with Crippen LogP contribution in [0, 0.1) is 5.92 Å². The summed E-state index contributed by atoms with van der Waals surface area (Å²) in [4.78, 5) is 16.1. The highest BCUT2D eigenvalue weighted by Crippen LogP contribution is 2.20. The van der Waals surface area contributed by atoms with E-state index in [9.17, 15) is 4.79 Å². The Hall–Kier alpha value is -0.990. The van der Waals surface area contributed by atoms with Crippen molar-refractivity contribution in [1.29, 1.82) is 0 Å². The molecule has 2 aliphatic heterocycles. The largest absolute Gasteiger partial charge is 0.325 e. The van der Waals surface area contributed by atoms with Crippen LogP contribution in [0.2, 0.25) is 0 Å². The van der Waals surface area contributed by atoms with Crippen molar-refractivity contribution in [3.05, 3.63) is 11.6 Å². The van der Waals surface area contributed by atoms with Crippen LogP contribution in [0.25, 0.3) is 0 Å². The standard InChI is InChI=1S/C13H22N2O/c1-11(2)12-5-9-15(10-6-12)13(16)14-7-3-4-8-14/h5,11H,3-4,6-10H2,1-2H3. The van der Waals surface area contributed by atoms with Gasteiger partial charge in [0.2, 0.25) is 0 Å².